The zero-order chi connectivity index (χ0) is 50.9. The first-order valence-corrected chi connectivity index (χ1v) is 26.9. The molecule has 2 atom stereocenters. The largest absolute Gasteiger partial charge is 0.507 e. The second-order valence-electron chi connectivity index (χ2n) is 19.7. The molecule has 3 heterocycles. The predicted molar refractivity (Wildman–Crippen MR) is 288 cm³/mol. The highest BCUT2D eigenvalue weighted by molar-refractivity contribution is 8.00. The molecule has 0 bridgehead atoms. The van der Waals surface area contributed by atoms with Gasteiger partial charge in [-0.15, -0.1) is 11.8 Å². The number of aromatic hydroxyl groups is 3. The maximum Gasteiger partial charge on any atom is 0.274 e. The number of amides is 4. The van der Waals surface area contributed by atoms with Crippen LogP contribution < -0.4 is 26.6 Å². The lowest BCUT2D eigenvalue weighted by Crippen LogP contribution is -2.43. The molecule has 1 fully saturated rings. The first-order valence-electron chi connectivity index (χ1n) is 26.1. The summed E-state index contributed by atoms with van der Waals surface area (Å²) in [4.78, 5) is 59.9. The lowest BCUT2D eigenvalue weighted by molar-refractivity contribution is -0.126. The van der Waals surface area contributed by atoms with Crippen molar-refractivity contribution in [3.8, 4) is 17.5 Å². The zero-order valence-electron chi connectivity index (χ0n) is 41.9. The van der Waals surface area contributed by atoms with E-state index in [1.54, 1.807) is 75.8 Å². The van der Waals surface area contributed by atoms with Gasteiger partial charge in [-0.3, -0.25) is 23.7 Å². The van der Waals surface area contributed by atoms with E-state index in [9.17, 15) is 34.5 Å². The van der Waals surface area contributed by atoms with Crippen molar-refractivity contribution in [2.45, 2.75) is 145 Å². The van der Waals surface area contributed by atoms with Crippen molar-refractivity contribution in [1.29, 1.82) is 0 Å². The van der Waals surface area contributed by atoms with Crippen LogP contribution in [0.3, 0.4) is 0 Å². The van der Waals surface area contributed by atoms with Crippen LogP contribution in [0.25, 0.3) is 21.7 Å². The van der Waals surface area contributed by atoms with Crippen molar-refractivity contribution < 1.29 is 34.5 Å². The summed E-state index contributed by atoms with van der Waals surface area (Å²) in [6.07, 6.45) is 12.9. The van der Waals surface area contributed by atoms with Crippen molar-refractivity contribution in [2.24, 2.45) is 11.7 Å². The van der Waals surface area contributed by atoms with Gasteiger partial charge in [-0.2, -0.15) is 0 Å². The van der Waals surface area contributed by atoms with Crippen molar-refractivity contribution in [2.75, 3.05) is 28.6 Å². The molecular weight excluding hydrogens is 927 g/mol. The molecule has 0 radical (unpaired) electrons. The molecule has 8 rings (SSSR count). The Bertz CT molecular complexity index is 2880. The molecule has 15 heteroatoms. The number of hydrogen-bond acceptors (Lipinski definition) is 9. The summed E-state index contributed by atoms with van der Waals surface area (Å²) in [6.45, 7) is 7.96. The maximum atomic E-state index is 14.0. The quantitative estimate of drug-likeness (QED) is 0.0239. The van der Waals surface area contributed by atoms with E-state index in [0.29, 0.717) is 92.4 Å². The number of phenolic OH excluding ortho intramolecular Hbond substituents is 1. The van der Waals surface area contributed by atoms with Gasteiger partial charge < -0.3 is 46.9 Å². The average molecular weight is 998 g/mol. The fourth-order valence-corrected chi connectivity index (χ4v) is 12.5. The summed E-state index contributed by atoms with van der Waals surface area (Å²) in [7, 11) is 0. The van der Waals surface area contributed by atoms with Crippen LogP contribution in [-0.4, -0.2) is 72.4 Å². The molecule has 1 saturated carbocycles. The van der Waals surface area contributed by atoms with Gasteiger partial charge in [0.05, 0.1) is 10.6 Å². The van der Waals surface area contributed by atoms with Crippen LogP contribution in [0.5, 0.6) is 17.5 Å². The van der Waals surface area contributed by atoms with Crippen LogP contribution in [0.15, 0.2) is 89.8 Å². The predicted octanol–water partition coefficient (Wildman–Crippen LogP) is 11.7. The van der Waals surface area contributed by atoms with E-state index < -0.39 is 6.04 Å². The van der Waals surface area contributed by atoms with E-state index in [1.807, 2.05) is 30.3 Å². The minimum atomic E-state index is -0.781. The Morgan fingerprint density at radius 1 is 0.819 bits per heavy atom. The molecule has 4 aromatic carbocycles. The van der Waals surface area contributed by atoms with Crippen LogP contribution in [0.4, 0.5) is 17.1 Å². The number of aromatic amines is 1. The number of benzene rings is 4. The fourth-order valence-electron chi connectivity index (χ4n) is 11.0. The SMILES string of the molecule is CCC1CN(C(=O)c2cc3cc(NC(=O)c4ccc(NC(=O)C(CCCCN)NC(=O)CCCCCn5c(O)cc(SC(CC)(CC)C6CCCCC6)c5O)cc4)ccc3[nH]2)c2cc(O)c3ccccc3c21. The number of H-pyrrole nitrogens is 1. The Morgan fingerprint density at radius 2 is 1.56 bits per heavy atom. The number of hydrogen-bond donors (Lipinski definition) is 8. The molecule has 0 saturated heterocycles. The number of thioether (sulfide) groups is 1. The Hall–Kier alpha value is -6.45. The number of aromatic nitrogens is 2. The summed E-state index contributed by atoms with van der Waals surface area (Å²) in [5, 5.41) is 44.1. The zero-order valence-corrected chi connectivity index (χ0v) is 42.7. The summed E-state index contributed by atoms with van der Waals surface area (Å²) >= 11 is 1.72. The standard InChI is InChI=1S/C57H71N7O7S/c1-4-36-35-64(47-33-48(65)42-19-12-13-20-43(42)52(36)47)55(70)46-32-38-31-41(27-28-44(38)61-46)60-53(68)37-23-25-40(26-24-37)59-54(69)45(21-14-15-29-58)62-50(66)22-11-8-16-30-63-51(67)34-49(56(63)71)72-57(5-2,6-3)39-17-9-7-10-18-39/h12-13,19-20,23-28,31-34,36,39,45,61,65,67,71H,4-11,14-18,21-22,29-30,35,58H2,1-3H3,(H,59,69)(H,60,68)(H,62,66). The van der Waals surface area contributed by atoms with Gasteiger partial charge in [0, 0.05) is 75.5 Å². The van der Waals surface area contributed by atoms with Gasteiger partial charge in [-0.1, -0.05) is 70.7 Å². The molecule has 0 spiro atoms. The topological polar surface area (TPSA) is 215 Å². The minimum absolute atomic E-state index is 0.0267. The summed E-state index contributed by atoms with van der Waals surface area (Å²) in [5.74, 6) is -0.166. The van der Waals surface area contributed by atoms with Crippen molar-refractivity contribution in [3.05, 3.63) is 102 Å². The summed E-state index contributed by atoms with van der Waals surface area (Å²) < 4.78 is 1.59. The molecule has 2 aliphatic rings. The number of carbonyl (C=O) groups is 4. The van der Waals surface area contributed by atoms with Gasteiger partial charge in [0.15, 0.2) is 5.88 Å². The van der Waals surface area contributed by atoms with Gasteiger partial charge in [-0.05, 0) is 136 Å². The first-order chi connectivity index (χ1) is 34.9. The van der Waals surface area contributed by atoms with Crippen LogP contribution in [0.1, 0.15) is 149 Å². The molecule has 382 valence electrons. The molecule has 1 aliphatic carbocycles. The number of anilines is 3. The van der Waals surface area contributed by atoms with E-state index in [2.05, 4.69) is 41.7 Å². The van der Waals surface area contributed by atoms with Gasteiger partial charge in [0.25, 0.3) is 11.8 Å². The van der Waals surface area contributed by atoms with E-state index in [4.69, 9.17) is 5.73 Å². The highest BCUT2D eigenvalue weighted by Gasteiger charge is 2.39. The monoisotopic (exact) mass is 998 g/mol. The average Bonchev–Trinajstić information content (AvgIpc) is 4.07. The summed E-state index contributed by atoms with van der Waals surface area (Å²) in [5.41, 5.74) is 10.0. The van der Waals surface area contributed by atoms with Crippen LogP contribution in [0, 0.1) is 5.92 Å². The van der Waals surface area contributed by atoms with Gasteiger partial charge in [0.2, 0.25) is 17.7 Å². The molecule has 14 nitrogen and oxygen atoms in total. The fraction of sp³-hybridized carbons (Fsp3) is 0.439. The van der Waals surface area contributed by atoms with E-state index in [0.717, 1.165) is 51.4 Å². The number of nitrogens with two attached hydrogens (primary N) is 1. The first kappa shape index (κ1) is 51.9. The number of nitrogens with zero attached hydrogens (tertiary/aromatic N) is 2. The number of carbonyl (C=O) groups excluding carboxylic acids is 4. The number of unbranched alkanes of at least 4 members (excludes halogenated alkanes) is 3. The van der Waals surface area contributed by atoms with Crippen LogP contribution in [-0.2, 0) is 16.1 Å². The third kappa shape index (κ3) is 11.4. The number of fused-ring (bicyclic) bond motifs is 4. The Labute approximate surface area is 426 Å². The van der Waals surface area contributed by atoms with E-state index in [1.165, 1.54) is 32.1 Å². The number of phenols is 1. The Morgan fingerprint density at radius 3 is 2.28 bits per heavy atom. The molecule has 9 N–H and O–H groups in total. The third-order valence-corrected chi connectivity index (χ3v) is 17.0. The minimum Gasteiger partial charge on any atom is -0.507 e. The lowest BCUT2D eigenvalue weighted by Gasteiger charge is -2.41. The van der Waals surface area contributed by atoms with Gasteiger partial charge in [-0.25, -0.2) is 0 Å². The molecular formula is C57H71N7O7S. The Kier molecular flexibility index (Phi) is 16.9. The van der Waals surface area contributed by atoms with E-state index >= 15 is 0 Å². The highest BCUT2D eigenvalue weighted by atomic mass is 32.2. The van der Waals surface area contributed by atoms with Crippen LogP contribution >= 0.6 is 11.8 Å². The smallest absolute Gasteiger partial charge is 0.274 e. The Balaban J connectivity index is 0.820. The van der Waals surface area contributed by atoms with Crippen molar-refractivity contribution in [1.82, 2.24) is 14.9 Å². The molecule has 72 heavy (non-hydrogen) atoms. The molecule has 4 amide bonds. The number of rotatable bonds is 22. The lowest BCUT2D eigenvalue weighted by atomic mass is 9.77. The molecule has 2 unspecified atom stereocenters. The maximum absolute atomic E-state index is 14.0. The number of nitrogens with one attached hydrogen (secondary N) is 4. The molecule has 6 aromatic rings. The van der Waals surface area contributed by atoms with Crippen molar-refractivity contribution >= 4 is 74.1 Å². The summed E-state index contributed by atoms with van der Waals surface area (Å²) in [6, 6.07) is 24.0. The van der Waals surface area contributed by atoms with Gasteiger partial charge >= 0.3 is 0 Å². The molecule has 2 aromatic heterocycles. The second-order valence-corrected chi connectivity index (χ2v) is 21.1. The van der Waals surface area contributed by atoms with Crippen molar-refractivity contribution in [3.63, 3.8) is 0 Å². The third-order valence-electron chi connectivity index (χ3n) is 15.2. The van der Waals surface area contributed by atoms with Crippen LogP contribution in [0.2, 0.25) is 0 Å². The highest BCUT2D eigenvalue weighted by Crippen LogP contribution is 2.52. The van der Waals surface area contributed by atoms with Gasteiger partial charge in [0.1, 0.15) is 17.5 Å². The van der Waals surface area contributed by atoms with E-state index in [-0.39, 0.29) is 58.2 Å². The molecule has 1 aliphatic heterocycles. The second kappa shape index (κ2) is 23.4. The normalized spacial score (nSPS) is 15.4.